The van der Waals surface area contributed by atoms with Crippen molar-refractivity contribution in [1.82, 2.24) is 0 Å². The van der Waals surface area contributed by atoms with E-state index in [-0.39, 0.29) is 5.41 Å². The summed E-state index contributed by atoms with van der Waals surface area (Å²) in [7, 11) is 0. The zero-order valence-corrected chi connectivity index (χ0v) is 33.6. The summed E-state index contributed by atoms with van der Waals surface area (Å²) in [6.45, 7) is 12.7. The van der Waals surface area contributed by atoms with E-state index in [9.17, 15) is 5.26 Å². The van der Waals surface area contributed by atoms with Gasteiger partial charge in [-0.05, 0) is 121 Å². The van der Waals surface area contributed by atoms with Gasteiger partial charge in [0.25, 0.3) is 0 Å². The van der Waals surface area contributed by atoms with Gasteiger partial charge in [-0.1, -0.05) is 141 Å². The first-order valence-corrected chi connectivity index (χ1v) is 20.5. The van der Waals surface area contributed by atoms with Gasteiger partial charge < -0.3 is 9.32 Å². The van der Waals surface area contributed by atoms with Crippen molar-refractivity contribution in [2.75, 3.05) is 4.90 Å². The van der Waals surface area contributed by atoms with Crippen molar-refractivity contribution in [2.24, 2.45) is 0 Å². The Bertz CT molecular complexity index is 3470. The molecule has 0 N–H and O–H groups in total. The first kappa shape index (κ1) is 35.9. The molecular weight excluding hydrogens is 743 g/mol. The first-order chi connectivity index (χ1) is 29.9. The van der Waals surface area contributed by atoms with Gasteiger partial charge in [-0.3, -0.25) is 0 Å². The SMILES string of the molecule is [C-]#[N+]c1ccccc1N(c1ccc2c(c1)oc1cc(/C(=C(\c3ccccc3)c3cc4c5c(ccc6cccc(c65)C4(C)C)c3)c3ccccc3)ccc12)c1ccccc1C#N. The van der Waals surface area contributed by atoms with E-state index < -0.39 is 0 Å². The van der Waals surface area contributed by atoms with Crippen LogP contribution in [0.25, 0.3) is 59.5 Å². The highest BCUT2D eigenvalue weighted by Crippen LogP contribution is 2.51. The zero-order chi connectivity index (χ0) is 41.2. The molecule has 4 heteroatoms. The third-order valence-electron chi connectivity index (χ3n) is 12.5. The van der Waals surface area contributed by atoms with Crippen LogP contribution in [0.4, 0.5) is 22.7 Å². The first-order valence-electron chi connectivity index (χ1n) is 20.5. The molecule has 0 bridgehead atoms. The minimum absolute atomic E-state index is 0.164. The normalized spacial score (nSPS) is 13.1. The molecule has 0 saturated heterocycles. The lowest BCUT2D eigenvalue weighted by molar-refractivity contribution is 0.662. The summed E-state index contributed by atoms with van der Waals surface area (Å²) in [5.74, 6) is 0. The molecule has 0 fully saturated rings. The van der Waals surface area contributed by atoms with E-state index >= 15 is 0 Å². The molecular formula is C57H37N3O. The third kappa shape index (κ3) is 5.65. The topological polar surface area (TPSA) is 44.5 Å². The summed E-state index contributed by atoms with van der Waals surface area (Å²) in [5.41, 5.74) is 13.9. The predicted octanol–water partition coefficient (Wildman–Crippen LogP) is 15.4. The smallest absolute Gasteiger partial charge is 0.210 e. The van der Waals surface area contributed by atoms with Crippen LogP contribution in [0.2, 0.25) is 0 Å². The van der Waals surface area contributed by atoms with Crippen LogP contribution < -0.4 is 4.90 Å². The second kappa shape index (κ2) is 14.0. The molecule has 1 aromatic heterocycles. The molecule has 61 heavy (non-hydrogen) atoms. The molecule has 0 spiro atoms. The van der Waals surface area contributed by atoms with Crippen LogP contribution in [0.3, 0.4) is 0 Å². The Morgan fingerprint density at radius 2 is 1.16 bits per heavy atom. The Morgan fingerprint density at radius 1 is 0.541 bits per heavy atom. The fourth-order valence-corrected chi connectivity index (χ4v) is 9.65. The zero-order valence-electron chi connectivity index (χ0n) is 33.6. The van der Waals surface area contributed by atoms with Crippen molar-refractivity contribution in [3.05, 3.63) is 238 Å². The average Bonchev–Trinajstić information content (AvgIpc) is 3.79. The van der Waals surface area contributed by atoms with Crippen LogP contribution in [0.15, 0.2) is 192 Å². The number of hydrogen-bond acceptors (Lipinski definition) is 3. The minimum atomic E-state index is -0.164. The Morgan fingerprint density at radius 3 is 1.90 bits per heavy atom. The van der Waals surface area contributed by atoms with E-state index in [0.717, 1.165) is 49.9 Å². The summed E-state index contributed by atoms with van der Waals surface area (Å²) in [6, 6.07) is 67.6. The van der Waals surface area contributed by atoms with Crippen LogP contribution in [-0.4, -0.2) is 0 Å². The van der Waals surface area contributed by atoms with Crippen LogP contribution in [0.5, 0.6) is 0 Å². The van der Waals surface area contributed by atoms with Gasteiger partial charge in [0.2, 0.25) is 5.69 Å². The molecule has 0 aliphatic heterocycles. The summed E-state index contributed by atoms with van der Waals surface area (Å²) >= 11 is 0. The largest absolute Gasteiger partial charge is 0.456 e. The molecule has 1 aliphatic carbocycles. The molecule has 11 rings (SSSR count). The standard InChI is InChI=1S/C57H37N3O/c1-57(2)46-21-14-20-38-25-26-39-31-42(32-47(57)56(39)55(38)46)54(37-17-8-5-9-18-37)53(36-15-6-4-7-16-36)40-27-29-44-45-30-28-43(34-52(45)61-51(44)33-40)60(49-23-12-10-19-41(49)35-58)50-24-13-11-22-48(50)59-3/h4-34H,1-2H3/b54-53+. The molecule has 10 aromatic rings. The Balaban J connectivity index is 1.14. The number of benzene rings is 9. The van der Waals surface area contributed by atoms with Crippen LogP contribution in [0, 0.1) is 17.9 Å². The lowest BCUT2D eigenvalue weighted by Gasteiger charge is -2.27. The van der Waals surface area contributed by atoms with Gasteiger partial charge in [-0.2, -0.15) is 5.26 Å². The lowest BCUT2D eigenvalue weighted by Crippen LogP contribution is -2.15. The van der Waals surface area contributed by atoms with Crippen molar-refractivity contribution in [3.63, 3.8) is 0 Å². The highest BCUT2D eigenvalue weighted by atomic mass is 16.3. The molecule has 0 unspecified atom stereocenters. The molecule has 1 heterocycles. The highest BCUT2D eigenvalue weighted by Gasteiger charge is 2.35. The van der Waals surface area contributed by atoms with E-state index in [1.807, 2.05) is 53.4 Å². The van der Waals surface area contributed by atoms with Gasteiger partial charge in [0.15, 0.2) is 0 Å². The number of nitrogens with zero attached hydrogens (tertiary/aromatic N) is 3. The molecule has 4 nitrogen and oxygen atoms in total. The number of rotatable bonds is 7. The second-order valence-corrected chi connectivity index (χ2v) is 16.3. The van der Waals surface area contributed by atoms with Gasteiger partial charge in [0.05, 0.1) is 23.5 Å². The number of furan rings is 1. The molecule has 1 aliphatic rings. The van der Waals surface area contributed by atoms with Crippen molar-refractivity contribution < 1.29 is 4.42 Å². The summed E-state index contributed by atoms with van der Waals surface area (Å²) < 4.78 is 6.83. The number of nitriles is 1. The van der Waals surface area contributed by atoms with Gasteiger partial charge in [-0.25, -0.2) is 4.85 Å². The molecule has 0 amide bonds. The maximum Gasteiger partial charge on any atom is 0.210 e. The highest BCUT2D eigenvalue weighted by molar-refractivity contribution is 6.17. The maximum absolute atomic E-state index is 10.2. The lowest BCUT2D eigenvalue weighted by atomic mass is 9.79. The van der Waals surface area contributed by atoms with E-state index in [4.69, 9.17) is 11.0 Å². The fourth-order valence-electron chi connectivity index (χ4n) is 9.65. The molecule has 9 aromatic carbocycles. The third-order valence-corrected chi connectivity index (χ3v) is 12.5. The summed E-state index contributed by atoms with van der Waals surface area (Å²) in [4.78, 5) is 5.82. The maximum atomic E-state index is 10.2. The van der Waals surface area contributed by atoms with Gasteiger partial charge in [-0.15, -0.1) is 0 Å². The molecule has 0 radical (unpaired) electrons. The monoisotopic (exact) mass is 779 g/mol. The van der Waals surface area contributed by atoms with Crippen molar-refractivity contribution >= 4 is 77.4 Å². The quantitative estimate of drug-likeness (QED) is 0.0919. The van der Waals surface area contributed by atoms with Gasteiger partial charge in [0, 0.05) is 27.9 Å². The summed E-state index contributed by atoms with van der Waals surface area (Å²) in [5, 5.41) is 17.4. The number of para-hydroxylation sites is 3. The Labute approximate surface area is 354 Å². The second-order valence-electron chi connectivity index (χ2n) is 16.3. The van der Waals surface area contributed by atoms with Crippen molar-refractivity contribution in [3.8, 4) is 6.07 Å². The van der Waals surface area contributed by atoms with Crippen LogP contribution in [0.1, 0.15) is 52.8 Å². The predicted molar refractivity (Wildman–Crippen MR) is 251 cm³/mol. The number of anilines is 3. The summed E-state index contributed by atoms with van der Waals surface area (Å²) in [6.07, 6.45) is 0. The number of hydrogen-bond donors (Lipinski definition) is 0. The van der Waals surface area contributed by atoms with E-state index in [1.165, 1.54) is 38.2 Å². The van der Waals surface area contributed by atoms with E-state index in [2.05, 4.69) is 152 Å². The Hall–Kier alpha value is -8.18. The van der Waals surface area contributed by atoms with Gasteiger partial charge >= 0.3 is 0 Å². The molecule has 0 atom stereocenters. The van der Waals surface area contributed by atoms with Crippen molar-refractivity contribution in [2.45, 2.75) is 19.3 Å². The van der Waals surface area contributed by atoms with E-state index in [0.29, 0.717) is 28.2 Å². The van der Waals surface area contributed by atoms with Gasteiger partial charge in [0.1, 0.15) is 17.2 Å². The van der Waals surface area contributed by atoms with Crippen molar-refractivity contribution in [1.29, 1.82) is 5.26 Å². The van der Waals surface area contributed by atoms with Crippen LogP contribution in [-0.2, 0) is 5.41 Å². The fraction of sp³-hybridized carbons (Fsp3) is 0.0526. The van der Waals surface area contributed by atoms with Crippen LogP contribution >= 0.6 is 0 Å². The minimum Gasteiger partial charge on any atom is -0.456 e. The molecule has 286 valence electrons. The average molecular weight is 780 g/mol. The Kier molecular flexibility index (Phi) is 8.24. The molecule has 0 saturated carbocycles. The van der Waals surface area contributed by atoms with E-state index in [1.54, 1.807) is 12.1 Å². The number of fused-ring (bicyclic) bond motifs is 3.